The Bertz CT molecular complexity index is 915. The van der Waals surface area contributed by atoms with E-state index in [1.54, 1.807) is 14.2 Å². The smallest absolute Gasteiger partial charge is 0.229 e. The topological polar surface area (TPSA) is 92.1 Å². The van der Waals surface area contributed by atoms with E-state index in [1.165, 1.54) is 16.2 Å². The van der Waals surface area contributed by atoms with E-state index in [0.29, 0.717) is 5.01 Å². The van der Waals surface area contributed by atoms with Gasteiger partial charge < -0.3 is 24.6 Å². The summed E-state index contributed by atoms with van der Waals surface area (Å²) in [5, 5.41) is 19.1. The first-order valence-electron chi connectivity index (χ1n) is 9.87. The van der Waals surface area contributed by atoms with Crippen LogP contribution in [0.25, 0.3) is 21.7 Å². The molecule has 2 N–H and O–H groups in total. The zero-order valence-corrected chi connectivity index (χ0v) is 18.4. The van der Waals surface area contributed by atoms with Crippen LogP contribution in [0.3, 0.4) is 0 Å². The second-order valence-electron chi connectivity index (χ2n) is 6.75. The molecule has 8 heteroatoms. The quantitative estimate of drug-likeness (QED) is 0.502. The van der Waals surface area contributed by atoms with Crippen LogP contribution in [0.4, 0.5) is 0 Å². The zero-order chi connectivity index (χ0) is 22.2. The Hall–Kier alpha value is -2.94. The van der Waals surface area contributed by atoms with E-state index in [1.807, 2.05) is 48.5 Å². The third-order valence-electron chi connectivity index (χ3n) is 4.78. The van der Waals surface area contributed by atoms with Crippen LogP contribution < -0.4 is 9.47 Å². The minimum absolute atomic E-state index is 0.101. The molecule has 0 aliphatic carbocycles. The van der Waals surface area contributed by atoms with Crippen molar-refractivity contribution >= 4 is 17.2 Å². The molecule has 3 rings (SSSR count). The van der Waals surface area contributed by atoms with E-state index < -0.39 is 0 Å². The van der Waals surface area contributed by atoms with Gasteiger partial charge in [-0.1, -0.05) is 0 Å². The Morgan fingerprint density at radius 3 is 1.90 bits per heavy atom. The zero-order valence-electron chi connectivity index (χ0n) is 17.6. The number of methoxy groups -OCH3 is 2. The number of aliphatic hydroxyl groups excluding tert-OH is 2. The third-order valence-corrected chi connectivity index (χ3v) is 5.89. The lowest BCUT2D eigenvalue weighted by Gasteiger charge is -2.19. The maximum atomic E-state index is 12.7. The number of hydrogen-bond donors (Lipinski definition) is 2. The monoisotopic (exact) mass is 442 g/mol. The van der Waals surface area contributed by atoms with Crippen LogP contribution >= 0.6 is 11.3 Å². The number of thiazole rings is 1. The van der Waals surface area contributed by atoms with Gasteiger partial charge in [-0.15, -0.1) is 11.3 Å². The normalized spacial score (nSPS) is 10.7. The van der Waals surface area contributed by atoms with Gasteiger partial charge in [-0.2, -0.15) is 0 Å². The average Bonchev–Trinajstić information content (AvgIpc) is 3.22. The molecule has 0 saturated heterocycles. The summed E-state index contributed by atoms with van der Waals surface area (Å²) in [5.41, 5.74) is 2.69. The van der Waals surface area contributed by atoms with Gasteiger partial charge in [0.05, 0.1) is 44.4 Å². The molecule has 1 aromatic heterocycles. The first-order valence-corrected chi connectivity index (χ1v) is 10.7. The van der Waals surface area contributed by atoms with Gasteiger partial charge in [0.1, 0.15) is 16.5 Å². The molecule has 0 unspecified atom stereocenters. The molecule has 7 nitrogen and oxygen atoms in total. The molecule has 31 heavy (non-hydrogen) atoms. The fourth-order valence-corrected chi connectivity index (χ4v) is 4.25. The largest absolute Gasteiger partial charge is 0.497 e. The SMILES string of the molecule is COc1ccc(-c2nc(CC(=O)N(CCO)CCO)sc2-c2ccc(OC)cc2)cc1. The molecular formula is C23H26N2O5S. The molecule has 1 heterocycles. The molecule has 0 aliphatic rings. The predicted octanol–water partition coefficient (Wildman–Crippen LogP) is 2.85. The number of aliphatic hydroxyl groups is 2. The number of hydrogen-bond acceptors (Lipinski definition) is 7. The predicted molar refractivity (Wildman–Crippen MR) is 121 cm³/mol. The maximum Gasteiger partial charge on any atom is 0.229 e. The summed E-state index contributed by atoms with van der Waals surface area (Å²) >= 11 is 1.46. The van der Waals surface area contributed by atoms with Crippen molar-refractivity contribution in [3.05, 3.63) is 53.5 Å². The summed E-state index contributed by atoms with van der Waals surface area (Å²) in [6.45, 7) is 0.0541. The van der Waals surface area contributed by atoms with E-state index in [2.05, 4.69) is 0 Å². The summed E-state index contributed by atoms with van der Waals surface area (Å²) in [6, 6.07) is 15.4. The highest BCUT2D eigenvalue weighted by Crippen LogP contribution is 2.38. The molecule has 0 saturated carbocycles. The lowest BCUT2D eigenvalue weighted by Crippen LogP contribution is -2.36. The molecule has 0 bridgehead atoms. The first kappa shape index (κ1) is 22.7. The molecule has 1 amide bonds. The third kappa shape index (κ3) is 5.61. The fraction of sp³-hybridized carbons (Fsp3) is 0.304. The number of ether oxygens (including phenoxy) is 2. The lowest BCUT2D eigenvalue weighted by atomic mass is 10.1. The Morgan fingerprint density at radius 2 is 1.42 bits per heavy atom. The molecule has 2 aromatic carbocycles. The molecule has 0 fully saturated rings. The van der Waals surface area contributed by atoms with Gasteiger partial charge >= 0.3 is 0 Å². The Morgan fingerprint density at radius 1 is 0.903 bits per heavy atom. The number of carbonyl (C=O) groups is 1. The number of amides is 1. The van der Waals surface area contributed by atoms with Crippen molar-refractivity contribution < 1.29 is 24.5 Å². The van der Waals surface area contributed by atoms with E-state index in [4.69, 9.17) is 14.5 Å². The van der Waals surface area contributed by atoms with E-state index in [0.717, 1.165) is 33.2 Å². The summed E-state index contributed by atoms with van der Waals surface area (Å²) in [5.74, 6) is 1.33. The second kappa shape index (κ2) is 10.9. The number of carbonyl (C=O) groups excluding carboxylic acids is 1. The summed E-state index contributed by atoms with van der Waals surface area (Å²) in [7, 11) is 3.24. The van der Waals surface area contributed by atoms with Crippen LogP contribution in [0.2, 0.25) is 0 Å². The van der Waals surface area contributed by atoms with Gasteiger partial charge in [0.25, 0.3) is 0 Å². The highest BCUT2D eigenvalue weighted by atomic mass is 32.1. The summed E-state index contributed by atoms with van der Waals surface area (Å²) in [4.78, 5) is 19.9. The molecular weight excluding hydrogens is 416 g/mol. The van der Waals surface area contributed by atoms with Crippen LogP contribution in [0, 0.1) is 0 Å². The highest BCUT2D eigenvalue weighted by molar-refractivity contribution is 7.15. The van der Waals surface area contributed by atoms with Crippen molar-refractivity contribution in [2.24, 2.45) is 0 Å². The van der Waals surface area contributed by atoms with Crippen molar-refractivity contribution in [3.63, 3.8) is 0 Å². The van der Waals surface area contributed by atoms with Crippen LogP contribution in [-0.2, 0) is 11.2 Å². The van der Waals surface area contributed by atoms with Crippen molar-refractivity contribution in [1.29, 1.82) is 0 Å². The minimum atomic E-state index is -0.181. The maximum absolute atomic E-state index is 12.7. The van der Waals surface area contributed by atoms with Gasteiger partial charge in [-0.25, -0.2) is 4.98 Å². The summed E-state index contributed by atoms with van der Waals surface area (Å²) in [6.07, 6.45) is 0.101. The van der Waals surface area contributed by atoms with Gasteiger partial charge in [0.2, 0.25) is 5.91 Å². The van der Waals surface area contributed by atoms with Crippen molar-refractivity contribution in [1.82, 2.24) is 9.88 Å². The van der Waals surface area contributed by atoms with Crippen LogP contribution in [0.15, 0.2) is 48.5 Å². The number of rotatable bonds is 10. The summed E-state index contributed by atoms with van der Waals surface area (Å²) < 4.78 is 10.5. The molecule has 0 aliphatic heterocycles. The lowest BCUT2D eigenvalue weighted by molar-refractivity contribution is -0.131. The first-order chi connectivity index (χ1) is 15.1. The van der Waals surface area contributed by atoms with E-state index >= 15 is 0 Å². The van der Waals surface area contributed by atoms with Gasteiger partial charge in [-0.3, -0.25) is 4.79 Å². The Kier molecular flexibility index (Phi) is 8.00. The Labute approximate surface area is 185 Å². The number of aromatic nitrogens is 1. The number of nitrogens with zero attached hydrogens (tertiary/aromatic N) is 2. The van der Waals surface area contributed by atoms with E-state index in [9.17, 15) is 15.0 Å². The van der Waals surface area contributed by atoms with E-state index in [-0.39, 0.29) is 38.6 Å². The van der Waals surface area contributed by atoms with Gasteiger partial charge in [0, 0.05) is 18.7 Å². The Balaban J connectivity index is 1.97. The van der Waals surface area contributed by atoms with Gasteiger partial charge in [-0.05, 0) is 54.1 Å². The molecule has 0 atom stereocenters. The van der Waals surface area contributed by atoms with Crippen LogP contribution in [0.5, 0.6) is 11.5 Å². The minimum Gasteiger partial charge on any atom is -0.497 e. The van der Waals surface area contributed by atoms with Crippen LogP contribution in [0.1, 0.15) is 5.01 Å². The molecule has 0 spiro atoms. The average molecular weight is 443 g/mol. The fourth-order valence-electron chi connectivity index (χ4n) is 3.17. The van der Waals surface area contributed by atoms with Crippen molar-refractivity contribution in [2.75, 3.05) is 40.5 Å². The molecule has 164 valence electrons. The molecule has 0 radical (unpaired) electrons. The number of benzene rings is 2. The van der Waals surface area contributed by atoms with Crippen molar-refractivity contribution in [3.8, 4) is 33.2 Å². The van der Waals surface area contributed by atoms with Gasteiger partial charge in [0.15, 0.2) is 0 Å². The van der Waals surface area contributed by atoms with Crippen LogP contribution in [-0.4, -0.2) is 66.5 Å². The second-order valence-corrected chi connectivity index (χ2v) is 7.83. The van der Waals surface area contributed by atoms with Crippen molar-refractivity contribution in [2.45, 2.75) is 6.42 Å². The standard InChI is InChI=1S/C23H26N2O5S/c1-29-18-7-3-16(4-8-18)22-23(17-5-9-19(30-2)10-6-17)31-20(24-22)15-21(28)25(11-13-26)12-14-27/h3-10,26-27H,11-15H2,1-2H3. The molecule has 3 aromatic rings. The highest BCUT2D eigenvalue weighted by Gasteiger charge is 2.20.